The Labute approximate surface area is 181 Å². The van der Waals surface area contributed by atoms with Gasteiger partial charge in [-0.3, -0.25) is 4.99 Å². The second kappa shape index (κ2) is 11.7. The third kappa shape index (κ3) is 7.49. The minimum Gasteiger partial charge on any atom is -0.487 e. The van der Waals surface area contributed by atoms with Crippen LogP contribution in [0.2, 0.25) is 0 Å². The van der Waals surface area contributed by atoms with Crippen LogP contribution in [-0.2, 0) is 0 Å². The minimum atomic E-state index is -0.217. The van der Waals surface area contributed by atoms with E-state index in [0.29, 0.717) is 5.92 Å². The Kier molecular flexibility index (Phi) is 10.4. The van der Waals surface area contributed by atoms with E-state index in [1.165, 1.54) is 5.56 Å². The smallest absolute Gasteiger partial charge is 0.191 e. The predicted molar refractivity (Wildman–Crippen MR) is 123 cm³/mol. The molecule has 0 bridgehead atoms. The molecule has 1 aliphatic rings. The second-order valence-corrected chi connectivity index (χ2v) is 7.69. The first-order valence-electron chi connectivity index (χ1n) is 9.92. The lowest BCUT2D eigenvalue weighted by atomic mass is 9.90. The van der Waals surface area contributed by atoms with Crippen molar-refractivity contribution in [3.05, 3.63) is 29.8 Å². The number of hydrogen-bond acceptors (Lipinski definition) is 3. The molecular weight excluding hydrogens is 453 g/mol. The van der Waals surface area contributed by atoms with Crippen molar-refractivity contribution in [1.82, 2.24) is 10.6 Å². The Morgan fingerprint density at radius 1 is 1.30 bits per heavy atom. The molecule has 3 N–H and O–H groups in total. The number of aliphatic hydroxyl groups excluding tert-OH is 1. The van der Waals surface area contributed by atoms with Gasteiger partial charge in [-0.1, -0.05) is 31.5 Å². The number of hydrogen-bond donors (Lipinski definition) is 3. The Balaban J connectivity index is 0.00000364. The lowest BCUT2D eigenvalue weighted by Gasteiger charge is -2.38. The van der Waals surface area contributed by atoms with Gasteiger partial charge in [-0.25, -0.2) is 0 Å². The van der Waals surface area contributed by atoms with Gasteiger partial charge >= 0.3 is 0 Å². The zero-order chi connectivity index (χ0) is 19.0. The predicted octanol–water partition coefficient (Wildman–Crippen LogP) is 4.26. The van der Waals surface area contributed by atoms with Crippen molar-refractivity contribution in [3.63, 3.8) is 0 Å². The summed E-state index contributed by atoms with van der Waals surface area (Å²) in [5, 5.41) is 16.2. The van der Waals surface area contributed by atoms with Crippen LogP contribution in [0.4, 0.5) is 0 Å². The van der Waals surface area contributed by atoms with Gasteiger partial charge in [0.1, 0.15) is 11.4 Å². The summed E-state index contributed by atoms with van der Waals surface area (Å²) in [4.78, 5) is 4.81. The fourth-order valence-corrected chi connectivity index (χ4v) is 3.55. The second-order valence-electron chi connectivity index (χ2n) is 7.69. The van der Waals surface area contributed by atoms with E-state index in [1.807, 2.05) is 12.1 Å². The molecule has 5 nitrogen and oxygen atoms in total. The summed E-state index contributed by atoms with van der Waals surface area (Å²) < 4.78 is 6.13. The summed E-state index contributed by atoms with van der Waals surface area (Å²) in [7, 11) is 0. The van der Waals surface area contributed by atoms with E-state index in [1.54, 1.807) is 0 Å². The topological polar surface area (TPSA) is 65.9 Å². The van der Waals surface area contributed by atoms with E-state index in [-0.39, 0.29) is 42.2 Å². The molecule has 0 amide bonds. The molecule has 0 spiro atoms. The molecule has 2 atom stereocenters. The Morgan fingerprint density at radius 3 is 2.70 bits per heavy atom. The first-order valence-corrected chi connectivity index (χ1v) is 9.92. The quantitative estimate of drug-likeness (QED) is 0.290. The fraction of sp³-hybridized carbons (Fsp3) is 0.667. The number of ether oxygens (including phenoxy) is 1. The van der Waals surface area contributed by atoms with Crippen molar-refractivity contribution < 1.29 is 9.84 Å². The lowest BCUT2D eigenvalue weighted by molar-refractivity contribution is 0.0694. The molecule has 6 heteroatoms. The van der Waals surface area contributed by atoms with Crippen LogP contribution in [-0.4, -0.2) is 36.4 Å². The third-order valence-electron chi connectivity index (χ3n) is 4.77. The molecule has 0 aliphatic carbocycles. The van der Waals surface area contributed by atoms with Crippen LogP contribution >= 0.6 is 24.0 Å². The highest BCUT2D eigenvalue weighted by Crippen LogP contribution is 2.39. The van der Waals surface area contributed by atoms with Crippen molar-refractivity contribution in [3.8, 4) is 5.75 Å². The number of guanidine groups is 1. The van der Waals surface area contributed by atoms with E-state index >= 15 is 0 Å². The van der Waals surface area contributed by atoms with E-state index in [0.717, 1.165) is 50.5 Å². The summed E-state index contributed by atoms with van der Waals surface area (Å²) in [6.07, 6.45) is 3.90. The number of aliphatic hydroxyl groups is 1. The number of fused-ring (bicyclic) bond motifs is 1. The molecule has 1 aliphatic heterocycles. The van der Waals surface area contributed by atoms with Crippen LogP contribution in [0.25, 0.3) is 0 Å². The number of halogens is 1. The largest absolute Gasteiger partial charge is 0.487 e. The maximum Gasteiger partial charge on any atom is 0.191 e. The first-order chi connectivity index (χ1) is 12.5. The number of rotatable bonds is 8. The van der Waals surface area contributed by atoms with Crippen molar-refractivity contribution in [2.45, 2.75) is 65.0 Å². The summed E-state index contributed by atoms with van der Waals surface area (Å²) in [6, 6.07) is 8.39. The van der Waals surface area contributed by atoms with Gasteiger partial charge in [0, 0.05) is 31.7 Å². The molecule has 2 rings (SSSR count). The highest BCUT2D eigenvalue weighted by Gasteiger charge is 2.33. The Hall–Kier alpha value is -1.02. The summed E-state index contributed by atoms with van der Waals surface area (Å²) in [5.41, 5.74) is 0.961. The number of para-hydroxylation sites is 1. The summed E-state index contributed by atoms with van der Waals surface area (Å²) in [6.45, 7) is 10.3. The highest BCUT2D eigenvalue weighted by molar-refractivity contribution is 14.0. The van der Waals surface area contributed by atoms with Gasteiger partial charge in [-0.2, -0.15) is 0 Å². The van der Waals surface area contributed by atoms with Crippen molar-refractivity contribution in [1.29, 1.82) is 0 Å². The van der Waals surface area contributed by atoms with E-state index in [9.17, 15) is 5.11 Å². The van der Waals surface area contributed by atoms with Crippen LogP contribution in [0.3, 0.4) is 0 Å². The van der Waals surface area contributed by atoms with Gasteiger partial charge in [-0.05, 0) is 45.6 Å². The minimum absolute atomic E-state index is 0. The van der Waals surface area contributed by atoms with Crippen LogP contribution in [0.15, 0.2) is 29.3 Å². The van der Waals surface area contributed by atoms with Gasteiger partial charge in [0.05, 0.1) is 6.04 Å². The van der Waals surface area contributed by atoms with Crippen molar-refractivity contribution >= 4 is 29.9 Å². The van der Waals surface area contributed by atoms with Crippen LogP contribution in [0.1, 0.15) is 65.0 Å². The van der Waals surface area contributed by atoms with Crippen molar-refractivity contribution in [2.75, 3.05) is 19.7 Å². The lowest BCUT2D eigenvalue weighted by Crippen LogP contribution is -2.45. The molecule has 27 heavy (non-hydrogen) atoms. The maximum absolute atomic E-state index is 9.27. The molecule has 154 valence electrons. The van der Waals surface area contributed by atoms with Crippen molar-refractivity contribution in [2.24, 2.45) is 10.9 Å². The molecule has 0 fully saturated rings. The average Bonchev–Trinajstić information content (AvgIpc) is 2.59. The number of nitrogens with zero attached hydrogens (tertiary/aromatic N) is 1. The highest BCUT2D eigenvalue weighted by atomic mass is 127. The summed E-state index contributed by atoms with van der Waals surface area (Å²) >= 11 is 0. The summed E-state index contributed by atoms with van der Waals surface area (Å²) in [5.74, 6) is 2.21. The molecule has 1 aromatic rings. The van der Waals surface area contributed by atoms with Crippen LogP contribution in [0, 0.1) is 5.92 Å². The zero-order valence-electron chi connectivity index (χ0n) is 17.1. The molecular formula is C21H36IN3O2. The molecule has 0 radical (unpaired) electrons. The molecule has 0 saturated heterocycles. The molecule has 0 aromatic heterocycles. The van der Waals surface area contributed by atoms with Crippen LogP contribution < -0.4 is 15.4 Å². The normalized spacial score (nSPS) is 19.3. The van der Waals surface area contributed by atoms with E-state index < -0.39 is 0 Å². The van der Waals surface area contributed by atoms with Gasteiger partial charge in [0.2, 0.25) is 0 Å². The number of nitrogens with one attached hydrogen (secondary N) is 2. The number of benzene rings is 1. The SMILES string of the molecule is CCCC(CCO)CN=C(NCC)NC1CC(C)(C)Oc2ccccc21.I. The zero-order valence-corrected chi connectivity index (χ0v) is 19.5. The van der Waals surface area contributed by atoms with Gasteiger partial charge in [-0.15, -0.1) is 24.0 Å². The molecule has 1 heterocycles. The van der Waals surface area contributed by atoms with Crippen LogP contribution in [0.5, 0.6) is 5.75 Å². The monoisotopic (exact) mass is 489 g/mol. The number of aliphatic imine (C=N–C) groups is 1. The van der Waals surface area contributed by atoms with Gasteiger partial charge in [0.25, 0.3) is 0 Å². The molecule has 2 unspecified atom stereocenters. The average molecular weight is 489 g/mol. The van der Waals surface area contributed by atoms with E-state index in [2.05, 4.69) is 50.5 Å². The first kappa shape index (κ1) is 24.0. The van der Waals surface area contributed by atoms with Gasteiger partial charge in [0.15, 0.2) is 5.96 Å². The Morgan fingerprint density at radius 2 is 2.04 bits per heavy atom. The molecule has 0 saturated carbocycles. The maximum atomic E-state index is 9.27. The standard InChI is InChI=1S/C21H35N3O2.HI/c1-5-9-16(12-13-25)15-23-20(22-6-2)24-18-14-21(3,4)26-19-11-8-7-10-17(18)19;/h7-8,10-11,16,18,25H,5-6,9,12-15H2,1-4H3,(H2,22,23,24);1H. The third-order valence-corrected chi connectivity index (χ3v) is 4.77. The fourth-order valence-electron chi connectivity index (χ4n) is 3.55. The molecule has 1 aromatic carbocycles. The Bertz CT molecular complexity index is 587. The van der Waals surface area contributed by atoms with E-state index in [4.69, 9.17) is 9.73 Å². The van der Waals surface area contributed by atoms with Gasteiger partial charge < -0.3 is 20.5 Å².